The van der Waals surface area contributed by atoms with Crippen molar-refractivity contribution >= 4 is 27.7 Å². The van der Waals surface area contributed by atoms with Gasteiger partial charge in [0, 0.05) is 15.8 Å². The lowest BCUT2D eigenvalue weighted by Crippen LogP contribution is -2.39. The molecule has 0 spiro atoms. The minimum atomic E-state index is 0.208. The van der Waals surface area contributed by atoms with E-state index < -0.39 is 0 Å². The van der Waals surface area contributed by atoms with Gasteiger partial charge in [0.1, 0.15) is 0 Å². The molecular weight excluding hydrogens is 350 g/mol. The van der Waals surface area contributed by atoms with Crippen LogP contribution in [0.2, 0.25) is 0 Å². The van der Waals surface area contributed by atoms with Gasteiger partial charge in [-0.15, -0.1) is 11.8 Å². The Balaban J connectivity index is 1.59. The van der Waals surface area contributed by atoms with Crippen LogP contribution in [0.3, 0.4) is 0 Å². The molecule has 0 bridgehead atoms. The van der Waals surface area contributed by atoms with Crippen molar-refractivity contribution in [3.63, 3.8) is 0 Å². The predicted molar refractivity (Wildman–Crippen MR) is 87.0 cm³/mol. The van der Waals surface area contributed by atoms with Crippen LogP contribution in [-0.4, -0.2) is 16.7 Å². The Bertz CT molecular complexity index is 607. The molecule has 3 rings (SSSR count). The van der Waals surface area contributed by atoms with Crippen molar-refractivity contribution in [1.29, 1.82) is 0 Å². The number of nitrogens with two attached hydrogens (primary N) is 1. The van der Waals surface area contributed by atoms with Crippen molar-refractivity contribution in [3.8, 4) is 0 Å². The maximum absolute atomic E-state index is 5.88. The predicted octanol–water partition coefficient (Wildman–Crippen LogP) is 3.80. The molecule has 1 fully saturated rings. The lowest BCUT2D eigenvalue weighted by molar-refractivity contribution is 0.129. The average Bonchev–Trinajstić information content (AvgIpc) is 2.89. The highest BCUT2D eigenvalue weighted by Gasteiger charge is 2.37. The van der Waals surface area contributed by atoms with Crippen molar-refractivity contribution in [1.82, 2.24) is 10.1 Å². The summed E-state index contributed by atoms with van der Waals surface area (Å²) in [5.41, 5.74) is 6.08. The highest BCUT2D eigenvalue weighted by molar-refractivity contribution is 9.10. The molecule has 2 aromatic rings. The van der Waals surface area contributed by atoms with Gasteiger partial charge in [0.15, 0.2) is 5.82 Å². The normalized spacial score (nSPS) is 16.7. The second kappa shape index (κ2) is 6.50. The maximum atomic E-state index is 5.88. The minimum absolute atomic E-state index is 0.208. The van der Waals surface area contributed by atoms with Gasteiger partial charge in [0.2, 0.25) is 5.89 Å². The van der Waals surface area contributed by atoms with Crippen molar-refractivity contribution in [2.45, 2.75) is 36.3 Å². The van der Waals surface area contributed by atoms with Gasteiger partial charge in [-0.3, -0.25) is 0 Å². The number of hydrogen-bond acceptors (Lipinski definition) is 5. The third-order valence-corrected chi connectivity index (χ3v) is 6.10. The number of nitrogens with zero attached hydrogens (tertiary/aromatic N) is 2. The number of thioether (sulfide) groups is 1. The second-order valence-electron chi connectivity index (χ2n) is 5.56. The molecule has 0 amide bonds. The summed E-state index contributed by atoms with van der Waals surface area (Å²) in [6.07, 6.45) is 4.42. The fraction of sp³-hybridized carbons (Fsp3) is 0.467. The van der Waals surface area contributed by atoms with Crippen LogP contribution in [0.4, 0.5) is 0 Å². The van der Waals surface area contributed by atoms with Crippen molar-refractivity contribution in [2.24, 2.45) is 11.1 Å². The lowest BCUT2D eigenvalue weighted by atomic mass is 9.67. The van der Waals surface area contributed by atoms with Gasteiger partial charge in [-0.25, -0.2) is 0 Å². The van der Waals surface area contributed by atoms with Crippen molar-refractivity contribution in [2.75, 3.05) is 6.54 Å². The molecule has 1 heterocycles. The highest BCUT2D eigenvalue weighted by atomic mass is 79.9. The van der Waals surface area contributed by atoms with Crippen LogP contribution in [0.15, 0.2) is 38.2 Å². The zero-order valence-corrected chi connectivity index (χ0v) is 14.1. The SMILES string of the molecule is NCC1(Cc2nc(CSc3ccccc3Br)no2)CCC1. The summed E-state index contributed by atoms with van der Waals surface area (Å²) in [6.45, 7) is 0.705. The Labute approximate surface area is 137 Å². The smallest absolute Gasteiger partial charge is 0.227 e. The third-order valence-electron chi connectivity index (χ3n) is 4.08. The number of rotatable bonds is 6. The third kappa shape index (κ3) is 3.49. The van der Waals surface area contributed by atoms with Crippen LogP contribution in [-0.2, 0) is 12.2 Å². The number of hydrogen-bond donors (Lipinski definition) is 1. The molecule has 0 unspecified atom stereocenters. The lowest BCUT2D eigenvalue weighted by Gasteiger charge is -2.39. The Hall–Kier alpha value is -0.850. The van der Waals surface area contributed by atoms with Gasteiger partial charge in [-0.2, -0.15) is 4.98 Å². The van der Waals surface area contributed by atoms with E-state index in [9.17, 15) is 0 Å². The quantitative estimate of drug-likeness (QED) is 0.786. The molecule has 6 heteroatoms. The van der Waals surface area contributed by atoms with Crippen LogP contribution in [0.1, 0.15) is 31.0 Å². The van der Waals surface area contributed by atoms with E-state index in [1.807, 2.05) is 18.2 Å². The number of halogens is 1. The molecular formula is C15H18BrN3OS. The van der Waals surface area contributed by atoms with Crippen molar-refractivity contribution in [3.05, 3.63) is 40.5 Å². The summed E-state index contributed by atoms with van der Waals surface area (Å²) in [7, 11) is 0. The van der Waals surface area contributed by atoms with E-state index >= 15 is 0 Å². The monoisotopic (exact) mass is 367 g/mol. The van der Waals surface area contributed by atoms with E-state index in [4.69, 9.17) is 10.3 Å². The minimum Gasteiger partial charge on any atom is -0.339 e. The molecule has 1 aliphatic carbocycles. The van der Waals surface area contributed by atoms with Crippen LogP contribution >= 0.6 is 27.7 Å². The first kappa shape index (κ1) is 15.1. The first-order valence-electron chi connectivity index (χ1n) is 7.10. The Morgan fingerprint density at radius 3 is 2.81 bits per heavy atom. The summed E-state index contributed by atoms with van der Waals surface area (Å²) in [5, 5.41) is 4.07. The molecule has 0 aliphatic heterocycles. The van der Waals surface area contributed by atoms with Crippen LogP contribution < -0.4 is 5.73 Å². The molecule has 1 aromatic heterocycles. The molecule has 1 saturated carbocycles. The molecule has 4 nitrogen and oxygen atoms in total. The molecule has 21 heavy (non-hydrogen) atoms. The molecule has 2 N–H and O–H groups in total. The molecule has 0 saturated heterocycles. The van der Waals surface area contributed by atoms with E-state index in [1.165, 1.54) is 24.2 Å². The molecule has 1 aliphatic rings. The molecule has 0 radical (unpaired) electrons. The van der Waals surface area contributed by atoms with E-state index in [0.29, 0.717) is 12.3 Å². The van der Waals surface area contributed by atoms with Gasteiger partial charge in [0.05, 0.1) is 5.75 Å². The van der Waals surface area contributed by atoms with E-state index in [-0.39, 0.29) is 5.41 Å². The van der Waals surface area contributed by atoms with E-state index in [2.05, 4.69) is 32.1 Å². The molecule has 1 aromatic carbocycles. The van der Waals surface area contributed by atoms with Gasteiger partial charge < -0.3 is 10.3 Å². The topological polar surface area (TPSA) is 64.9 Å². The fourth-order valence-electron chi connectivity index (χ4n) is 2.58. The Kier molecular flexibility index (Phi) is 4.66. The van der Waals surface area contributed by atoms with Crippen LogP contribution in [0.25, 0.3) is 0 Å². The molecule has 0 atom stereocenters. The summed E-state index contributed by atoms with van der Waals surface area (Å²) >= 11 is 5.24. The van der Waals surface area contributed by atoms with Gasteiger partial charge in [-0.1, -0.05) is 23.7 Å². The second-order valence-corrected chi connectivity index (χ2v) is 7.43. The average molecular weight is 368 g/mol. The Morgan fingerprint density at radius 1 is 1.33 bits per heavy atom. The van der Waals surface area contributed by atoms with E-state index in [0.717, 1.165) is 22.6 Å². The number of aromatic nitrogens is 2. The maximum Gasteiger partial charge on any atom is 0.227 e. The van der Waals surface area contributed by atoms with Gasteiger partial charge in [0.25, 0.3) is 0 Å². The van der Waals surface area contributed by atoms with Gasteiger partial charge in [-0.05, 0) is 52.9 Å². The standard InChI is InChI=1S/C15H18BrN3OS/c16-11-4-1-2-5-12(11)21-9-13-18-14(20-19-13)8-15(10-17)6-3-7-15/h1-2,4-5H,3,6-10,17H2. The zero-order valence-electron chi connectivity index (χ0n) is 11.7. The van der Waals surface area contributed by atoms with Gasteiger partial charge >= 0.3 is 0 Å². The fourth-order valence-corrected chi connectivity index (χ4v) is 3.99. The Morgan fingerprint density at radius 2 is 2.14 bits per heavy atom. The summed E-state index contributed by atoms with van der Waals surface area (Å²) < 4.78 is 6.47. The summed E-state index contributed by atoms with van der Waals surface area (Å²) in [6, 6.07) is 8.14. The largest absolute Gasteiger partial charge is 0.339 e. The van der Waals surface area contributed by atoms with Crippen LogP contribution in [0, 0.1) is 5.41 Å². The van der Waals surface area contributed by atoms with E-state index in [1.54, 1.807) is 11.8 Å². The van der Waals surface area contributed by atoms with Crippen LogP contribution in [0.5, 0.6) is 0 Å². The summed E-state index contributed by atoms with van der Waals surface area (Å²) in [4.78, 5) is 5.68. The number of benzene rings is 1. The summed E-state index contributed by atoms with van der Waals surface area (Å²) in [5.74, 6) is 2.18. The highest BCUT2D eigenvalue weighted by Crippen LogP contribution is 2.42. The zero-order chi connectivity index (χ0) is 14.7. The molecule has 112 valence electrons. The first-order valence-corrected chi connectivity index (χ1v) is 8.87. The van der Waals surface area contributed by atoms with Crippen molar-refractivity contribution < 1.29 is 4.52 Å². The first-order chi connectivity index (χ1) is 10.2.